The number of allylic oxidation sites excluding steroid dienone is 6. The predicted molar refractivity (Wildman–Crippen MR) is 150 cm³/mol. The van der Waals surface area contributed by atoms with Crippen molar-refractivity contribution in [1.29, 1.82) is 0 Å². The summed E-state index contributed by atoms with van der Waals surface area (Å²) in [6.07, 6.45) is 14.7. The topological polar surface area (TPSA) is 55.8 Å². The molecule has 2 aromatic carbocycles. The van der Waals surface area contributed by atoms with E-state index in [1.807, 2.05) is 54.6 Å². The lowest BCUT2D eigenvalue weighted by Crippen LogP contribution is -2.33. The number of hydrogen-bond donors (Lipinski definition) is 0. The highest BCUT2D eigenvalue weighted by Gasteiger charge is 2.23. The maximum atomic E-state index is 13.9. The van der Waals surface area contributed by atoms with E-state index in [1.54, 1.807) is 6.07 Å². The number of methoxy groups -OCH3 is 1. The van der Waals surface area contributed by atoms with Crippen LogP contribution in [0.1, 0.15) is 56.8 Å². The molecule has 1 saturated heterocycles. The highest BCUT2D eigenvalue weighted by Crippen LogP contribution is 2.39. The van der Waals surface area contributed by atoms with Crippen molar-refractivity contribution >= 4 is 38.7 Å². The summed E-state index contributed by atoms with van der Waals surface area (Å²) in [4.78, 5) is 29.4. The van der Waals surface area contributed by atoms with Crippen molar-refractivity contribution in [3.8, 4) is 5.75 Å². The van der Waals surface area contributed by atoms with Crippen molar-refractivity contribution in [3.05, 3.63) is 94.4 Å². The molecule has 37 heavy (non-hydrogen) atoms. The summed E-state index contributed by atoms with van der Waals surface area (Å²) >= 11 is 1.54. The van der Waals surface area contributed by atoms with Crippen LogP contribution in [0, 0.1) is 0 Å². The van der Waals surface area contributed by atoms with Crippen molar-refractivity contribution < 1.29 is 19.1 Å². The number of rotatable bonds is 8. The molecule has 0 unspecified atom stereocenters. The maximum absolute atomic E-state index is 13.9. The Kier molecular flexibility index (Phi) is 7.97. The number of thiophene rings is 1. The second kappa shape index (κ2) is 11.7. The Balaban J connectivity index is 1.41. The van der Waals surface area contributed by atoms with E-state index in [4.69, 9.17) is 9.47 Å². The molecule has 0 bridgehead atoms. The number of hydrogen-bond acceptors (Lipinski definition) is 6. The van der Waals surface area contributed by atoms with Crippen molar-refractivity contribution in [2.45, 2.75) is 25.7 Å². The first-order chi connectivity index (χ1) is 18.1. The number of piperidine rings is 1. The highest BCUT2D eigenvalue weighted by molar-refractivity contribution is 7.20. The van der Waals surface area contributed by atoms with Gasteiger partial charge in [-0.15, -0.1) is 11.3 Å². The lowest BCUT2D eigenvalue weighted by molar-refractivity contribution is 0.0601. The van der Waals surface area contributed by atoms with Crippen molar-refractivity contribution in [2.24, 2.45) is 0 Å². The normalized spacial score (nSPS) is 15.9. The molecule has 2 heterocycles. The lowest BCUT2D eigenvalue weighted by atomic mass is 9.96. The van der Waals surface area contributed by atoms with E-state index < -0.39 is 0 Å². The Morgan fingerprint density at radius 2 is 1.73 bits per heavy atom. The number of nitrogens with zero attached hydrogens (tertiary/aromatic N) is 1. The molecule has 1 fully saturated rings. The van der Waals surface area contributed by atoms with Crippen molar-refractivity contribution in [2.75, 3.05) is 33.4 Å². The summed E-state index contributed by atoms with van der Waals surface area (Å²) in [6.45, 7) is 3.87. The number of ketones is 1. The number of benzene rings is 2. The van der Waals surface area contributed by atoms with Gasteiger partial charge in [0.2, 0.25) is 0 Å². The Hall–Kier alpha value is -3.48. The van der Waals surface area contributed by atoms with Crippen molar-refractivity contribution in [1.82, 2.24) is 4.90 Å². The molecule has 0 amide bonds. The van der Waals surface area contributed by atoms with Crippen LogP contribution >= 0.6 is 11.3 Å². The first kappa shape index (κ1) is 25.2. The van der Waals surface area contributed by atoms with Gasteiger partial charge in [0.25, 0.3) is 0 Å². The zero-order chi connectivity index (χ0) is 25.6. The van der Waals surface area contributed by atoms with Gasteiger partial charge >= 0.3 is 5.97 Å². The summed E-state index contributed by atoms with van der Waals surface area (Å²) < 4.78 is 11.8. The smallest absolute Gasteiger partial charge is 0.337 e. The second-order valence-corrected chi connectivity index (χ2v) is 10.4. The molecular formula is C31H31NO4S. The van der Waals surface area contributed by atoms with Crippen molar-refractivity contribution in [3.63, 3.8) is 0 Å². The van der Waals surface area contributed by atoms with Gasteiger partial charge in [-0.05, 0) is 74.3 Å². The van der Waals surface area contributed by atoms with E-state index in [0.717, 1.165) is 52.3 Å². The third-order valence-corrected chi connectivity index (χ3v) is 8.09. The first-order valence-corrected chi connectivity index (χ1v) is 13.6. The van der Waals surface area contributed by atoms with Crippen LogP contribution in [0.3, 0.4) is 0 Å². The van der Waals surface area contributed by atoms with Gasteiger partial charge in [-0.2, -0.15) is 0 Å². The minimum atomic E-state index is -0.389. The lowest BCUT2D eigenvalue weighted by Gasteiger charge is -2.26. The highest BCUT2D eigenvalue weighted by atomic mass is 32.1. The zero-order valence-corrected chi connectivity index (χ0v) is 21.9. The van der Waals surface area contributed by atoms with E-state index in [0.29, 0.717) is 23.3 Å². The summed E-state index contributed by atoms with van der Waals surface area (Å²) in [5, 5.41) is 0.845. The third kappa shape index (κ3) is 5.76. The Labute approximate surface area is 221 Å². The van der Waals surface area contributed by atoms with Gasteiger partial charge < -0.3 is 9.47 Å². The van der Waals surface area contributed by atoms with E-state index >= 15 is 0 Å². The zero-order valence-electron chi connectivity index (χ0n) is 21.1. The summed E-state index contributed by atoms with van der Waals surface area (Å²) in [7, 11) is 1.37. The standard InChI is InChI=1S/C31H31NO4S/c1-35-31(34)24-13-16-26-27(21-24)37-30(23-9-5-2-3-6-10-23)28(26)29(33)22-11-14-25(15-12-22)36-20-19-32-17-7-4-8-18-32/h2-3,5-6,9,11-16,21H,4,7-8,10,17-20H2,1H3. The fourth-order valence-corrected chi connectivity index (χ4v) is 6.13. The van der Waals surface area contributed by atoms with Gasteiger partial charge in [0.05, 0.1) is 12.7 Å². The van der Waals surface area contributed by atoms with E-state index in [2.05, 4.69) is 17.1 Å². The minimum Gasteiger partial charge on any atom is -0.492 e. The summed E-state index contributed by atoms with van der Waals surface area (Å²) in [6, 6.07) is 12.8. The molecule has 1 aromatic heterocycles. The molecule has 0 saturated carbocycles. The molecule has 1 aliphatic carbocycles. The van der Waals surface area contributed by atoms with Crippen LogP contribution in [0.4, 0.5) is 0 Å². The third-order valence-electron chi connectivity index (χ3n) is 6.86. The monoisotopic (exact) mass is 513 g/mol. The number of ether oxygens (including phenoxy) is 2. The SMILES string of the molecule is COC(=O)c1ccc2c(C(=O)c3ccc(OCCN4CCCCC4)cc3)c(C3=CC=CC=CC3)sc2c1. The molecule has 0 N–H and O–H groups in total. The Morgan fingerprint density at radius 3 is 2.51 bits per heavy atom. The molecular weight excluding hydrogens is 482 g/mol. The quantitative estimate of drug-likeness (QED) is 0.248. The fraction of sp³-hybridized carbons (Fsp3) is 0.290. The van der Waals surface area contributed by atoms with Gasteiger partial charge in [0, 0.05) is 32.6 Å². The van der Waals surface area contributed by atoms with Crippen LogP contribution in [-0.4, -0.2) is 50.0 Å². The molecule has 6 heteroatoms. The molecule has 0 atom stereocenters. The fourth-order valence-electron chi connectivity index (χ4n) is 4.86. The average molecular weight is 514 g/mol. The largest absolute Gasteiger partial charge is 0.492 e. The molecule has 3 aromatic rings. The van der Waals surface area contributed by atoms with Gasteiger partial charge in [0.15, 0.2) is 5.78 Å². The molecule has 0 radical (unpaired) electrons. The van der Waals surface area contributed by atoms with Gasteiger partial charge in [-0.1, -0.05) is 42.9 Å². The number of carbonyl (C=O) groups is 2. The summed E-state index contributed by atoms with van der Waals surface area (Å²) in [5.41, 5.74) is 2.83. The Morgan fingerprint density at radius 1 is 0.946 bits per heavy atom. The number of carbonyl (C=O) groups excluding carboxylic acids is 2. The van der Waals surface area contributed by atoms with Gasteiger partial charge in [-0.25, -0.2) is 4.79 Å². The maximum Gasteiger partial charge on any atom is 0.337 e. The Bertz CT molecular complexity index is 1370. The predicted octanol–water partition coefficient (Wildman–Crippen LogP) is 6.68. The van der Waals surface area contributed by atoms with Crippen LogP contribution in [0.5, 0.6) is 5.75 Å². The van der Waals surface area contributed by atoms with Crippen LogP contribution in [-0.2, 0) is 4.74 Å². The first-order valence-electron chi connectivity index (χ1n) is 12.8. The molecule has 190 valence electrons. The van der Waals surface area contributed by atoms with Crippen LogP contribution in [0.15, 0.2) is 72.8 Å². The number of likely N-dealkylation sites (tertiary alicyclic amines) is 1. The van der Waals surface area contributed by atoms with E-state index in [-0.39, 0.29) is 11.8 Å². The molecule has 1 aliphatic heterocycles. The number of esters is 1. The van der Waals surface area contributed by atoms with Crippen LogP contribution < -0.4 is 4.74 Å². The molecule has 2 aliphatic rings. The van der Waals surface area contributed by atoms with Crippen LogP contribution in [0.2, 0.25) is 0 Å². The second-order valence-electron chi connectivity index (χ2n) is 9.32. The summed E-state index contributed by atoms with van der Waals surface area (Å²) in [5.74, 6) is 0.346. The van der Waals surface area contributed by atoms with Crippen LogP contribution in [0.25, 0.3) is 15.7 Å². The molecule has 5 nitrogen and oxygen atoms in total. The molecule has 5 rings (SSSR count). The number of fused-ring (bicyclic) bond motifs is 1. The molecule has 0 spiro atoms. The van der Waals surface area contributed by atoms with Gasteiger partial charge in [0.1, 0.15) is 12.4 Å². The minimum absolute atomic E-state index is 0.0370. The van der Waals surface area contributed by atoms with Gasteiger partial charge in [-0.3, -0.25) is 9.69 Å². The average Bonchev–Trinajstić information content (AvgIpc) is 3.11. The van der Waals surface area contributed by atoms with E-state index in [9.17, 15) is 9.59 Å². The van der Waals surface area contributed by atoms with E-state index in [1.165, 1.54) is 37.7 Å².